The molecule has 0 saturated carbocycles. The van der Waals surface area contributed by atoms with E-state index in [0.29, 0.717) is 18.2 Å². The van der Waals surface area contributed by atoms with E-state index < -0.39 is 0 Å². The zero-order valence-electron chi connectivity index (χ0n) is 15.7. The fourth-order valence-electron chi connectivity index (χ4n) is 3.55. The van der Waals surface area contributed by atoms with Gasteiger partial charge in [-0.3, -0.25) is 9.69 Å². The molecule has 2 heterocycles. The lowest BCUT2D eigenvalue weighted by atomic mass is 10.1. The Morgan fingerprint density at radius 1 is 1.35 bits per heavy atom. The first-order chi connectivity index (χ1) is 12.5. The maximum absolute atomic E-state index is 11.6. The molecular weight excluding hydrogens is 334 g/mol. The van der Waals surface area contributed by atoms with Crippen LogP contribution >= 0.6 is 0 Å². The molecule has 1 atom stereocenters. The van der Waals surface area contributed by atoms with Crippen LogP contribution in [-0.4, -0.2) is 42.6 Å². The highest BCUT2D eigenvalue weighted by molar-refractivity contribution is 5.80. The summed E-state index contributed by atoms with van der Waals surface area (Å²) in [5, 5.41) is 0. The van der Waals surface area contributed by atoms with Gasteiger partial charge < -0.3 is 19.6 Å². The van der Waals surface area contributed by atoms with Crippen LogP contribution in [0.5, 0.6) is 11.5 Å². The first-order valence-corrected chi connectivity index (χ1v) is 8.67. The van der Waals surface area contributed by atoms with Crippen molar-refractivity contribution in [3.63, 3.8) is 0 Å². The van der Waals surface area contributed by atoms with Gasteiger partial charge in [0.25, 0.3) is 0 Å². The number of amides is 1. The second kappa shape index (κ2) is 7.37. The Morgan fingerprint density at radius 3 is 2.77 bits per heavy atom. The van der Waals surface area contributed by atoms with Crippen molar-refractivity contribution in [2.45, 2.75) is 39.3 Å². The Labute approximate surface area is 153 Å². The molecule has 1 aromatic carbocycles. The van der Waals surface area contributed by atoms with Crippen molar-refractivity contribution in [3.8, 4) is 23.0 Å². The zero-order valence-corrected chi connectivity index (χ0v) is 15.7. The van der Waals surface area contributed by atoms with Gasteiger partial charge in [-0.05, 0) is 45.4 Å². The highest BCUT2D eigenvalue weighted by Crippen LogP contribution is 2.38. The summed E-state index contributed by atoms with van der Waals surface area (Å²) in [4.78, 5) is 18.3. The summed E-state index contributed by atoms with van der Waals surface area (Å²) in [7, 11) is 3.24. The summed E-state index contributed by atoms with van der Waals surface area (Å²) in [6.07, 6.45) is 1.76. The lowest BCUT2D eigenvalue weighted by Gasteiger charge is -2.20. The second-order valence-electron chi connectivity index (χ2n) is 6.53. The first kappa shape index (κ1) is 18.3. The number of aryl methyl sites for hydroxylation is 1. The molecular formula is C19H25N3O4. The molecule has 26 heavy (non-hydrogen) atoms. The van der Waals surface area contributed by atoms with E-state index in [1.807, 2.05) is 26.0 Å². The van der Waals surface area contributed by atoms with E-state index >= 15 is 0 Å². The maximum atomic E-state index is 11.6. The Balaban J connectivity index is 1.91. The van der Waals surface area contributed by atoms with Crippen LogP contribution in [0, 0.1) is 13.8 Å². The predicted octanol–water partition coefficient (Wildman–Crippen LogP) is 2.43. The van der Waals surface area contributed by atoms with E-state index in [2.05, 4.69) is 9.88 Å². The third-order valence-electron chi connectivity index (χ3n) is 4.95. The number of primary amides is 1. The van der Waals surface area contributed by atoms with Crippen LogP contribution < -0.4 is 15.2 Å². The molecule has 3 rings (SSSR count). The number of nitrogens with zero attached hydrogens (tertiary/aromatic N) is 2. The van der Waals surface area contributed by atoms with Crippen LogP contribution in [0.1, 0.15) is 29.9 Å². The molecule has 1 aliphatic heterocycles. The third kappa shape index (κ3) is 3.26. The van der Waals surface area contributed by atoms with Crippen LogP contribution in [0.25, 0.3) is 11.5 Å². The molecule has 1 aliphatic rings. The molecule has 0 aliphatic carbocycles. The van der Waals surface area contributed by atoms with Gasteiger partial charge >= 0.3 is 0 Å². The van der Waals surface area contributed by atoms with Gasteiger partial charge in [0.05, 0.1) is 31.5 Å². The van der Waals surface area contributed by atoms with Crippen LogP contribution in [0.2, 0.25) is 0 Å². The van der Waals surface area contributed by atoms with Gasteiger partial charge in [-0.25, -0.2) is 4.98 Å². The number of carbonyl (C=O) groups is 1. The monoisotopic (exact) mass is 359 g/mol. The fourth-order valence-corrected chi connectivity index (χ4v) is 3.55. The van der Waals surface area contributed by atoms with Gasteiger partial charge in [0, 0.05) is 12.1 Å². The molecule has 1 saturated heterocycles. The van der Waals surface area contributed by atoms with Crippen LogP contribution in [0.4, 0.5) is 0 Å². The zero-order chi connectivity index (χ0) is 18.8. The van der Waals surface area contributed by atoms with E-state index in [1.165, 1.54) is 0 Å². The van der Waals surface area contributed by atoms with Crippen molar-refractivity contribution >= 4 is 5.91 Å². The van der Waals surface area contributed by atoms with Crippen molar-refractivity contribution in [1.29, 1.82) is 0 Å². The number of likely N-dealkylation sites (tertiary alicyclic amines) is 1. The van der Waals surface area contributed by atoms with Crippen LogP contribution in [-0.2, 0) is 11.3 Å². The van der Waals surface area contributed by atoms with Gasteiger partial charge in [0.15, 0.2) is 0 Å². The summed E-state index contributed by atoms with van der Waals surface area (Å²) < 4.78 is 16.8. The summed E-state index contributed by atoms with van der Waals surface area (Å²) in [5.41, 5.74) is 7.97. The van der Waals surface area contributed by atoms with E-state index in [4.69, 9.17) is 19.6 Å². The number of hydrogen-bond acceptors (Lipinski definition) is 6. The molecule has 140 valence electrons. The second-order valence-corrected chi connectivity index (χ2v) is 6.53. The van der Waals surface area contributed by atoms with E-state index in [0.717, 1.165) is 47.7 Å². The number of methoxy groups -OCH3 is 2. The number of oxazole rings is 1. The van der Waals surface area contributed by atoms with Crippen molar-refractivity contribution in [3.05, 3.63) is 29.2 Å². The van der Waals surface area contributed by atoms with E-state index in [1.54, 1.807) is 14.2 Å². The SMILES string of the molecule is COc1ccc(-c2nc(CN3CCC[C@H]3C(N)=O)c(C)o2)c(OC)c1C. The predicted molar refractivity (Wildman–Crippen MR) is 97.1 cm³/mol. The first-order valence-electron chi connectivity index (χ1n) is 8.67. The largest absolute Gasteiger partial charge is 0.496 e. The molecule has 7 heteroatoms. The van der Waals surface area contributed by atoms with Gasteiger partial charge in [-0.2, -0.15) is 0 Å². The molecule has 0 bridgehead atoms. The molecule has 0 spiro atoms. The van der Waals surface area contributed by atoms with Gasteiger partial charge in [-0.15, -0.1) is 0 Å². The lowest BCUT2D eigenvalue weighted by molar-refractivity contribution is -0.122. The number of aromatic nitrogens is 1. The quantitative estimate of drug-likeness (QED) is 0.852. The summed E-state index contributed by atoms with van der Waals surface area (Å²) in [6, 6.07) is 3.52. The number of nitrogens with two attached hydrogens (primary N) is 1. The molecule has 0 radical (unpaired) electrons. The highest BCUT2D eigenvalue weighted by Gasteiger charge is 2.30. The van der Waals surface area contributed by atoms with Crippen molar-refractivity contribution in [2.24, 2.45) is 5.73 Å². The van der Waals surface area contributed by atoms with Crippen LogP contribution in [0.3, 0.4) is 0 Å². The number of hydrogen-bond donors (Lipinski definition) is 1. The molecule has 0 unspecified atom stereocenters. The standard InChI is InChI=1S/C19H25N3O4/c1-11-16(24-3)8-7-13(17(11)25-4)19-21-14(12(2)26-19)10-22-9-5-6-15(22)18(20)23/h7-8,15H,5-6,9-10H2,1-4H3,(H2,20,23)/t15-/m0/s1. The number of ether oxygens (including phenoxy) is 2. The Kier molecular flexibility index (Phi) is 5.18. The number of rotatable bonds is 6. The van der Waals surface area contributed by atoms with Crippen molar-refractivity contribution in [1.82, 2.24) is 9.88 Å². The normalized spacial score (nSPS) is 17.5. The summed E-state index contributed by atoms with van der Waals surface area (Å²) in [6.45, 7) is 5.18. The average Bonchev–Trinajstić information content (AvgIpc) is 3.22. The van der Waals surface area contributed by atoms with Gasteiger partial charge in [0.2, 0.25) is 11.8 Å². The molecule has 2 N–H and O–H groups in total. The molecule has 7 nitrogen and oxygen atoms in total. The fraction of sp³-hybridized carbons (Fsp3) is 0.474. The minimum atomic E-state index is -0.281. The average molecular weight is 359 g/mol. The Bertz CT molecular complexity index is 815. The number of benzene rings is 1. The third-order valence-corrected chi connectivity index (χ3v) is 4.95. The minimum Gasteiger partial charge on any atom is -0.496 e. The molecule has 1 aromatic heterocycles. The lowest BCUT2D eigenvalue weighted by Crippen LogP contribution is -2.39. The van der Waals surface area contributed by atoms with Crippen molar-refractivity contribution < 1.29 is 18.7 Å². The van der Waals surface area contributed by atoms with E-state index in [-0.39, 0.29) is 11.9 Å². The molecule has 1 amide bonds. The highest BCUT2D eigenvalue weighted by atomic mass is 16.5. The number of carbonyl (C=O) groups excluding carboxylic acids is 1. The van der Waals surface area contributed by atoms with Crippen molar-refractivity contribution in [2.75, 3.05) is 20.8 Å². The maximum Gasteiger partial charge on any atom is 0.234 e. The van der Waals surface area contributed by atoms with Crippen LogP contribution in [0.15, 0.2) is 16.5 Å². The Morgan fingerprint density at radius 2 is 2.12 bits per heavy atom. The Hall–Kier alpha value is -2.54. The van der Waals surface area contributed by atoms with E-state index in [9.17, 15) is 4.79 Å². The summed E-state index contributed by atoms with van der Waals surface area (Å²) >= 11 is 0. The van der Waals surface area contributed by atoms with Gasteiger partial charge in [-0.1, -0.05) is 0 Å². The van der Waals surface area contributed by atoms with Gasteiger partial charge in [0.1, 0.15) is 17.3 Å². The smallest absolute Gasteiger partial charge is 0.234 e. The topological polar surface area (TPSA) is 90.8 Å². The molecule has 1 fully saturated rings. The molecule has 2 aromatic rings. The minimum absolute atomic E-state index is 0.229. The summed E-state index contributed by atoms with van der Waals surface area (Å²) in [5.74, 6) is 2.36.